The first-order valence-electron chi connectivity index (χ1n) is 12.6. The van der Waals surface area contributed by atoms with Crippen molar-refractivity contribution in [3.63, 3.8) is 0 Å². The highest BCUT2D eigenvalue weighted by atomic mass is 32.2. The van der Waals surface area contributed by atoms with Gasteiger partial charge in [0, 0.05) is 13.6 Å². The number of sulfonamides is 1. The van der Waals surface area contributed by atoms with E-state index in [0.717, 1.165) is 15.4 Å². The van der Waals surface area contributed by atoms with Crippen LogP contribution in [-0.4, -0.2) is 51.4 Å². The molecule has 3 aromatic carbocycles. The molecule has 3 rings (SSSR count). The van der Waals surface area contributed by atoms with Crippen LogP contribution >= 0.6 is 0 Å². The lowest BCUT2D eigenvalue weighted by Gasteiger charge is -2.33. The number of likely N-dealkylation sites (N-methyl/N-ethyl adjacent to an activating group) is 1. The fourth-order valence-electron chi connectivity index (χ4n) is 4.18. The maximum absolute atomic E-state index is 13.9. The molecule has 0 heterocycles. The monoisotopic (exact) mass is 537 g/mol. The third kappa shape index (κ3) is 6.72. The third-order valence-electron chi connectivity index (χ3n) is 6.28. The van der Waals surface area contributed by atoms with Gasteiger partial charge in [-0.05, 0) is 67.8 Å². The van der Waals surface area contributed by atoms with Crippen molar-refractivity contribution in [1.82, 2.24) is 10.2 Å². The Morgan fingerprint density at radius 1 is 0.921 bits per heavy atom. The molecule has 1 N–H and O–H groups in total. The van der Waals surface area contributed by atoms with Crippen LogP contribution in [0.1, 0.15) is 31.4 Å². The van der Waals surface area contributed by atoms with E-state index in [1.165, 1.54) is 24.1 Å². The number of hydrogen-bond acceptors (Lipinski definition) is 5. The van der Waals surface area contributed by atoms with E-state index in [4.69, 9.17) is 4.74 Å². The minimum atomic E-state index is -4.10. The van der Waals surface area contributed by atoms with Crippen LogP contribution in [-0.2, 0) is 26.2 Å². The van der Waals surface area contributed by atoms with E-state index in [2.05, 4.69) is 5.32 Å². The number of rotatable bonds is 12. The van der Waals surface area contributed by atoms with Crippen molar-refractivity contribution < 1.29 is 22.7 Å². The molecule has 0 aliphatic rings. The first-order chi connectivity index (χ1) is 18.2. The second-order valence-electron chi connectivity index (χ2n) is 8.74. The van der Waals surface area contributed by atoms with Crippen molar-refractivity contribution in [2.24, 2.45) is 0 Å². The number of carbonyl (C=O) groups is 2. The lowest BCUT2D eigenvalue weighted by Crippen LogP contribution is -2.51. The second kappa shape index (κ2) is 13.1. The molecule has 8 nitrogen and oxygen atoms in total. The molecule has 0 aromatic heterocycles. The van der Waals surface area contributed by atoms with E-state index < -0.39 is 28.5 Å². The molecule has 0 radical (unpaired) electrons. The van der Waals surface area contributed by atoms with E-state index in [-0.39, 0.29) is 17.3 Å². The molecule has 3 aromatic rings. The van der Waals surface area contributed by atoms with Crippen molar-refractivity contribution in [2.45, 2.75) is 44.7 Å². The zero-order valence-corrected chi connectivity index (χ0v) is 23.1. The van der Waals surface area contributed by atoms with Gasteiger partial charge in [0.2, 0.25) is 11.8 Å². The maximum atomic E-state index is 13.9. The summed E-state index contributed by atoms with van der Waals surface area (Å²) < 4.78 is 34.2. The molecule has 1 atom stereocenters. The number of aryl methyl sites for hydroxylation is 1. The first kappa shape index (κ1) is 28.7. The van der Waals surface area contributed by atoms with Crippen molar-refractivity contribution in [3.8, 4) is 5.75 Å². The molecular weight excluding hydrogens is 502 g/mol. The molecule has 0 spiro atoms. The molecule has 9 heteroatoms. The normalized spacial score (nSPS) is 11.9. The molecule has 2 amide bonds. The number of hydrogen-bond donors (Lipinski definition) is 1. The van der Waals surface area contributed by atoms with Crippen molar-refractivity contribution in [1.29, 1.82) is 0 Å². The van der Waals surface area contributed by atoms with Crippen LogP contribution in [0.5, 0.6) is 5.75 Å². The number of anilines is 1. The predicted molar refractivity (Wildman–Crippen MR) is 148 cm³/mol. The van der Waals surface area contributed by atoms with Gasteiger partial charge < -0.3 is 15.0 Å². The van der Waals surface area contributed by atoms with Gasteiger partial charge in [0.05, 0.1) is 17.2 Å². The SMILES string of the molecule is CCOc1ccc(N(CC(=O)N(Cc2ccccc2C)[C@@H](CC)C(=O)NC)S(=O)(=O)c2ccccc2)cc1. The van der Waals surface area contributed by atoms with Crippen LogP contribution in [0.3, 0.4) is 0 Å². The Hall–Kier alpha value is -3.85. The minimum absolute atomic E-state index is 0.0606. The van der Waals surface area contributed by atoms with Crippen molar-refractivity contribution in [2.75, 3.05) is 24.5 Å². The highest BCUT2D eigenvalue weighted by Gasteiger charge is 2.33. The van der Waals surface area contributed by atoms with Crippen LogP contribution in [0.15, 0.2) is 83.8 Å². The van der Waals surface area contributed by atoms with Crippen molar-refractivity contribution in [3.05, 3.63) is 90.0 Å². The summed E-state index contributed by atoms with van der Waals surface area (Å²) >= 11 is 0. The number of amides is 2. The Balaban J connectivity index is 2.05. The van der Waals surface area contributed by atoms with E-state index in [1.807, 2.05) is 45.0 Å². The number of benzene rings is 3. The molecule has 0 fully saturated rings. The summed E-state index contributed by atoms with van der Waals surface area (Å²) in [5.41, 5.74) is 2.16. The summed E-state index contributed by atoms with van der Waals surface area (Å²) in [7, 11) is -2.58. The largest absolute Gasteiger partial charge is 0.494 e. The topological polar surface area (TPSA) is 96.0 Å². The van der Waals surface area contributed by atoms with Gasteiger partial charge in [-0.3, -0.25) is 13.9 Å². The highest BCUT2D eigenvalue weighted by Crippen LogP contribution is 2.27. The Kier molecular flexibility index (Phi) is 9.90. The van der Waals surface area contributed by atoms with Gasteiger partial charge in [-0.2, -0.15) is 0 Å². The lowest BCUT2D eigenvalue weighted by atomic mass is 10.1. The smallest absolute Gasteiger partial charge is 0.264 e. The molecule has 0 saturated heterocycles. The molecule has 0 saturated carbocycles. The Morgan fingerprint density at radius 2 is 1.55 bits per heavy atom. The molecule has 0 bridgehead atoms. The summed E-state index contributed by atoms with van der Waals surface area (Å²) in [5, 5.41) is 2.63. The van der Waals surface area contributed by atoms with Crippen LogP contribution < -0.4 is 14.4 Å². The molecule has 38 heavy (non-hydrogen) atoms. The quantitative estimate of drug-likeness (QED) is 0.375. The third-order valence-corrected chi connectivity index (χ3v) is 8.07. The number of nitrogens with zero attached hydrogens (tertiary/aromatic N) is 2. The zero-order chi connectivity index (χ0) is 27.7. The van der Waals surface area contributed by atoms with E-state index in [0.29, 0.717) is 24.5 Å². The van der Waals surface area contributed by atoms with Crippen LogP contribution in [0.4, 0.5) is 5.69 Å². The van der Waals surface area contributed by atoms with E-state index in [9.17, 15) is 18.0 Å². The van der Waals surface area contributed by atoms with Crippen LogP contribution in [0, 0.1) is 6.92 Å². The van der Waals surface area contributed by atoms with Gasteiger partial charge in [-0.15, -0.1) is 0 Å². The highest BCUT2D eigenvalue weighted by molar-refractivity contribution is 7.92. The average Bonchev–Trinajstić information content (AvgIpc) is 2.93. The minimum Gasteiger partial charge on any atom is -0.494 e. The van der Waals surface area contributed by atoms with Crippen LogP contribution in [0.2, 0.25) is 0 Å². The maximum Gasteiger partial charge on any atom is 0.264 e. The van der Waals surface area contributed by atoms with E-state index >= 15 is 0 Å². The van der Waals surface area contributed by atoms with Gasteiger partial charge in [-0.1, -0.05) is 49.4 Å². The Bertz CT molecular complexity index is 1330. The number of ether oxygens (including phenoxy) is 1. The summed E-state index contributed by atoms with van der Waals surface area (Å²) in [5.74, 6) is -0.212. The zero-order valence-electron chi connectivity index (χ0n) is 22.3. The molecular formula is C29H35N3O5S. The first-order valence-corrected chi connectivity index (χ1v) is 14.0. The molecule has 202 valence electrons. The fraction of sp³-hybridized carbons (Fsp3) is 0.310. The summed E-state index contributed by atoms with van der Waals surface area (Å²) in [6.07, 6.45) is 0.367. The average molecular weight is 538 g/mol. The van der Waals surface area contributed by atoms with Gasteiger partial charge in [-0.25, -0.2) is 8.42 Å². The number of carbonyl (C=O) groups excluding carboxylic acids is 2. The predicted octanol–water partition coefficient (Wildman–Crippen LogP) is 4.14. The Morgan fingerprint density at radius 3 is 2.13 bits per heavy atom. The summed E-state index contributed by atoms with van der Waals surface area (Å²) in [6, 6.07) is 21.4. The summed E-state index contributed by atoms with van der Waals surface area (Å²) in [6.45, 7) is 5.77. The fourth-order valence-corrected chi connectivity index (χ4v) is 5.62. The second-order valence-corrected chi connectivity index (χ2v) is 10.6. The van der Waals surface area contributed by atoms with E-state index in [1.54, 1.807) is 42.5 Å². The molecule has 0 aliphatic carbocycles. The standard InChI is InChI=1S/C29H35N3O5S/c1-5-27(29(34)30-4)31(20-23-13-11-10-12-22(23)3)28(33)21-32(24-16-18-25(19-17-24)37-6-2)38(35,36)26-14-8-7-9-15-26/h7-19,27H,5-6,20-21H2,1-4H3,(H,30,34)/t27-/m0/s1. The van der Waals surface area contributed by atoms with Gasteiger partial charge in [0.15, 0.2) is 0 Å². The van der Waals surface area contributed by atoms with Gasteiger partial charge in [0.25, 0.3) is 10.0 Å². The van der Waals surface area contributed by atoms with Crippen molar-refractivity contribution >= 4 is 27.5 Å². The van der Waals surface area contributed by atoms with Gasteiger partial charge >= 0.3 is 0 Å². The molecule has 0 unspecified atom stereocenters. The van der Waals surface area contributed by atoms with Gasteiger partial charge in [0.1, 0.15) is 18.3 Å². The Labute approximate surface area is 225 Å². The summed E-state index contributed by atoms with van der Waals surface area (Å²) in [4.78, 5) is 28.2. The van der Waals surface area contributed by atoms with Crippen LogP contribution in [0.25, 0.3) is 0 Å². The molecule has 0 aliphatic heterocycles. The number of nitrogens with one attached hydrogen (secondary N) is 1. The lowest BCUT2D eigenvalue weighted by molar-refractivity contribution is -0.140.